The van der Waals surface area contributed by atoms with Gasteiger partial charge in [-0.1, -0.05) is 0 Å². The van der Waals surface area contributed by atoms with Crippen molar-refractivity contribution in [3.05, 3.63) is 80.4 Å². The number of esters is 4. The average molecular weight is 1080 g/mol. The maximum Gasteiger partial charge on any atom is 0.344 e. The molecule has 5 aromatic carbocycles. The molecule has 400 valence electrons. The molecule has 2 bridgehead atoms. The average Bonchev–Trinajstić information content (AvgIpc) is 3.71. The van der Waals surface area contributed by atoms with E-state index in [-0.39, 0.29) is 0 Å². The molecule has 6 aromatic rings. The fourth-order valence-electron chi connectivity index (χ4n) is 8.64. The molecule has 1 saturated heterocycles. The number of benzene rings is 5. The van der Waals surface area contributed by atoms with Crippen LogP contribution in [0.3, 0.4) is 0 Å². The molecule has 1 fully saturated rings. The molecule has 0 radical (unpaired) electrons. The van der Waals surface area contributed by atoms with Crippen LogP contribution in [0, 0.1) is 0 Å². The summed E-state index contributed by atoms with van der Waals surface area (Å²) in [5, 5.41) is 168. The Hall–Kier alpha value is -10.8. The first-order valence-corrected chi connectivity index (χ1v) is 21.4. The summed E-state index contributed by atoms with van der Waals surface area (Å²) >= 11 is 0. The van der Waals surface area contributed by atoms with Gasteiger partial charge in [0.2, 0.25) is 35.0 Å². The van der Waals surface area contributed by atoms with E-state index in [0.29, 0.717) is 36.4 Å². The first-order chi connectivity index (χ1) is 36.2. The number of carbonyl (C=O) groups excluding carboxylic acids is 5. The molecule has 1 aromatic heterocycles. The second-order valence-electron chi connectivity index (χ2n) is 16.9. The number of fused-ring (bicyclic) bond motifs is 8. The Labute approximate surface area is 422 Å². The van der Waals surface area contributed by atoms with Crippen LogP contribution in [0.15, 0.2) is 45.6 Å². The predicted molar refractivity (Wildman–Crippen MR) is 239 cm³/mol. The first-order valence-electron chi connectivity index (χ1n) is 21.4. The number of hydrogen-bond acceptors (Lipinski definition) is 29. The highest BCUT2D eigenvalue weighted by Crippen LogP contribution is 2.56. The van der Waals surface area contributed by atoms with Gasteiger partial charge in [-0.25, -0.2) is 24.0 Å². The molecule has 16 N–H and O–H groups in total. The van der Waals surface area contributed by atoms with Crippen molar-refractivity contribution in [3.63, 3.8) is 0 Å². The number of ketones is 1. The normalized spacial score (nSPS) is 19.8. The number of aromatic carboxylic acids is 1. The summed E-state index contributed by atoms with van der Waals surface area (Å²) in [5.74, 6) is -34.1. The van der Waals surface area contributed by atoms with Gasteiger partial charge < -0.3 is 115 Å². The number of carbonyl (C=O) groups is 6. The second kappa shape index (κ2) is 18.3. The van der Waals surface area contributed by atoms with Crippen LogP contribution >= 0.6 is 0 Å². The van der Waals surface area contributed by atoms with Gasteiger partial charge in [0.1, 0.15) is 18.3 Å². The zero-order valence-electron chi connectivity index (χ0n) is 37.7. The highest BCUT2D eigenvalue weighted by atomic mass is 16.7. The summed E-state index contributed by atoms with van der Waals surface area (Å²) in [6, 6.07) is 2.78. The van der Waals surface area contributed by atoms with Gasteiger partial charge >= 0.3 is 35.5 Å². The van der Waals surface area contributed by atoms with Crippen LogP contribution in [0.4, 0.5) is 0 Å². The van der Waals surface area contributed by atoms with Crippen molar-refractivity contribution in [2.75, 3.05) is 6.61 Å². The summed E-state index contributed by atoms with van der Waals surface area (Å²) in [6.07, 6.45) is -13.5. The number of phenols is 14. The molecule has 1 aliphatic carbocycles. The lowest BCUT2D eigenvalue weighted by atomic mass is 9.91. The third-order valence-corrected chi connectivity index (χ3v) is 12.3. The van der Waals surface area contributed by atoms with Crippen LogP contribution in [0.5, 0.6) is 92.0 Å². The molecule has 30 nitrogen and oxygen atoms in total. The van der Waals surface area contributed by atoms with E-state index in [1.165, 1.54) is 0 Å². The van der Waals surface area contributed by atoms with E-state index in [9.17, 15) is 115 Å². The van der Waals surface area contributed by atoms with Crippen LogP contribution in [-0.2, 0) is 28.5 Å². The molecule has 30 heteroatoms. The van der Waals surface area contributed by atoms with E-state index in [0.717, 1.165) is 0 Å². The summed E-state index contributed by atoms with van der Waals surface area (Å²) in [5.41, 5.74) is -8.81. The quantitative estimate of drug-likeness (QED) is 0.0615. The van der Waals surface area contributed by atoms with E-state index < -0.39 is 238 Å². The van der Waals surface area contributed by atoms with Gasteiger partial charge in [-0.05, 0) is 24.3 Å². The largest absolute Gasteiger partial charge is 0.504 e. The predicted octanol–water partition coefficient (Wildman–Crippen LogP) is 1.75. The minimum atomic E-state index is -2.70. The Morgan fingerprint density at radius 2 is 1.18 bits per heavy atom. The summed E-state index contributed by atoms with van der Waals surface area (Å²) in [6.45, 7) is -1.33. The van der Waals surface area contributed by atoms with E-state index >= 15 is 0 Å². The molecule has 6 atom stereocenters. The molecular weight excluding hydrogens is 1040 g/mol. The second-order valence-corrected chi connectivity index (χ2v) is 16.9. The number of Topliss-reactive ketones (excluding diaryl/α,β-unsaturated/α-hetero) is 1. The Bertz CT molecular complexity index is 3680. The van der Waals surface area contributed by atoms with Crippen LogP contribution < -0.4 is 10.4 Å². The maximum absolute atomic E-state index is 14.9. The zero-order valence-corrected chi connectivity index (χ0v) is 37.7. The highest BCUT2D eigenvalue weighted by molar-refractivity contribution is 6.11. The van der Waals surface area contributed by atoms with Gasteiger partial charge in [-0.3, -0.25) is 9.59 Å². The van der Waals surface area contributed by atoms with E-state index in [1.54, 1.807) is 0 Å². The molecular formula is C47H32O30. The van der Waals surface area contributed by atoms with Crippen molar-refractivity contribution in [1.82, 2.24) is 0 Å². The number of rotatable bonds is 7. The Kier molecular flexibility index (Phi) is 12.2. The van der Waals surface area contributed by atoms with Crippen LogP contribution in [0.1, 0.15) is 69.9 Å². The Morgan fingerprint density at radius 1 is 0.610 bits per heavy atom. The van der Waals surface area contributed by atoms with Gasteiger partial charge in [0.25, 0.3) is 0 Å². The SMILES string of the molecule is O=C(O[C@H]1O[C@@H]2COC(=O)c3cc(O)c(O)c(O)c3-c3c(cc(Oc4c(C(=O)O)cc(O)c(O)c4O)c(O)c3O)C(=O)O[C@@H]([C@@H]1O)[C@H]2OC(=O)[C@H]1CC(=O)c2oc(=O)c3cc(O)c(O)c(O)c3c21)c1cc(O)c(O)c(O)c1. The topological polar surface area (TPSA) is 512 Å². The van der Waals surface area contributed by atoms with Crippen molar-refractivity contribution in [1.29, 1.82) is 0 Å². The molecule has 9 rings (SSSR count). The molecule has 77 heavy (non-hydrogen) atoms. The number of phenolic OH excluding ortho intramolecular Hbond substituents is 14. The van der Waals surface area contributed by atoms with E-state index in [2.05, 4.69) is 0 Å². The zero-order chi connectivity index (χ0) is 56.1. The third kappa shape index (κ3) is 8.22. The number of carboxylic acid groups (broad SMARTS) is 1. The van der Waals surface area contributed by atoms with Gasteiger partial charge in [-0.2, -0.15) is 0 Å². The highest BCUT2D eigenvalue weighted by Gasteiger charge is 2.54. The molecule has 0 saturated carbocycles. The molecule has 0 amide bonds. The van der Waals surface area contributed by atoms with Crippen molar-refractivity contribution in [2.45, 2.75) is 43.0 Å². The lowest BCUT2D eigenvalue weighted by molar-refractivity contribution is -0.288. The number of aromatic hydroxyl groups is 14. The standard InChI is InChI=1S/C47H32O30/c48-15-1-9(2-16(49)27(15)54)42(66)77-47-36(63)40-39(75-45(69)12-5-20(53)38-26(12)25-11(44(68)74-38)4-18(51)29(56)33(25)60)22(73-47)8-71-43(67)10-3-17(50)28(55)32(59)23(10)24-13(46(70)76-40)7-21(31(58)34(24)61)72-37-14(41(64)65)6-19(52)30(57)35(37)62/h1-4,6-7,12,22,36,39-40,47-52,54-63H,5,8H2,(H,64,65)/t12-,22+,36-,39-,40-,47+/m0/s1. The van der Waals surface area contributed by atoms with Gasteiger partial charge in [0.15, 0.2) is 93.1 Å². The fraction of sp³-hybridized carbons (Fsp3) is 0.170. The van der Waals surface area contributed by atoms with Crippen LogP contribution in [0.25, 0.3) is 21.9 Å². The summed E-state index contributed by atoms with van der Waals surface area (Å²) in [4.78, 5) is 95.6. The Balaban J connectivity index is 1.23. The van der Waals surface area contributed by atoms with Gasteiger partial charge in [-0.15, -0.1) is 0 Å². The Morgan fingerprint density at radius 3 is 1.83 bits per heavy atom. The van der Waals surface area contributed by atoms with Crippen molar-refractivity contribution in [3.8, 4) is 103 Å². The van der Waals surface area contributed by atoms with Crippen molar-refractivity contribution < 1.29 is 143 Å². The molecule has 2 aliphatic heterocycles. The fourth-order valence-corrected chi connectivity index (χ4v) is 8.64. The van der Waals surface area contributed by atoms with Crippen LogP contribution in [-0.4, -0.2) is 155 Å². The lowest BCUT2D eigenvalue weighted by Gasteiger charge is -2.43. The molecule has 0 spiro atoms. The molecule has 3 heterocycles. The molecule has 0 unspecified atom stereocenters. The summed E-state index contributed by atoms with van der Waals surface area (Å²) < 4.78 is 38.3. The number of hydrogen-bond donors (Lipinski definition) is 16. The number of aliphatic hydroxyl groups is 1. The minimum Gasteiger partial charge on any atom is -0.504 e. The number of cyclic esters (lactones) is 1. The van der Waals surface area contributed by atoms with Gasteiger partial charge in [0, 0.05) is 40.6 Å². The molecule has 3 aliphatic rings. The van der Waals surface area contributed by atoms with Gasteiger partial charge in [0.05, 0.1) is 28.0 Å². The lowest BCUT2D eigenvalue weighted by Crippen LogP contribution is -2.62. The van der Waals surface area contributed by atoms with Crippen molar-refractivity contribution in [2.24, 2.45) is 0 Å². The summed E-state index contributed by atoms with van der Waals surface area (Å²) in [7, 11) is 0. The first kappa shape index (κ1) is 51.2. The number of aliphatic hydroxyl groups excluding tert-OH is 1. The third-order valence-electron chi connectivity index (χ3n) is 12.3. The number of ether oxygens (including phenoxy) is 6. The van der Waals surface area contributed by atoms with E-state index in [4.69, 9.17) is 32.8 Å². The van der Waals surface area contributed by atoms with Crippen molar-refractivity contribution >= 4 is 46.4 Å². The maximum atomic E-state index is 14.9. The smallest absolute Gasteiger partial charge is 0.344 e. The minimum absolute atomic E-state index is 0.317. The monoisotopic (exact) mass is 1080 g/mol. The van der Waals surface area contributed by atoms with Crippen LogP contribution in [0.2, 0.25) is 0 Å². The number of carboxylic acids is 1. The van der Waals surface area contributed by atoms with E-state index in [1.807, 2.05) is 0 Å².